The molecule has 0 aliphatic carbocycles. The van der Waals surface area contributed by atoms with Gasteiger partial charge < -0.3 is 5.11 Å². The maximum atomic E-state index is 9.34. The number of fused-ring (bicyclic) bond motifs is 1. The highest BCUT2D eigenvalue weighted by Crippen LogP contribution is 2.33. The Morgan fingerprint density at radius 3 is 2.86 bits per heavy atom. The van der Waals surface area contributed by atoms with E-state index in [1.165, 1.54) is 0 Å². The molecule has 2 aromatic rings. The number of thiophene rings is 1. The fourth-order valence-electron chi connectivity index (χ4n) is 1.73. The molecular weight excluding hydrogens is 216 g/mol. The second-order valence-electron chi connectivity index (χ2n) is 3.17. The second-order valence-corrected chi connectivity index (χ2v) is 4.49. The van der Waals surface area contributed by atoms with E-state index in [1.54, 1.807) is 11.3 Å². The van der Waals surface area contributed by atoms with E-state index in [4.69, 9.17) is 11.6 Å². The molecule has 0 atom stereocenters. The molecule has 74 valence electrons. The molecule has 0 aliphatic rings. The average molecular weight is 227 g/mol. The lowest BCUT2D eigenvalue weighted by Crippen LogP contribution is -1.93. The van der Waals surface area contributed by atoms with Gasteiger partial charge in [0.05, 0.1) is 6.61 Å². The van der Waals surface area contributed by atoms with E-state index in [0.717, 1.165) is 32.7 Å². The molecule has 0 saturated heterocycles. The average Bonchev–Trinajstić information content (AvgIpc) is 2.62. The smallest absolute Gasteiger partial charge is 0.0699 e. The maximum Gasteiger partial charge on any atom is 0.0699 e. The fourth-order valence-corrected chi connectivity index (χ4v) is 3.04. The maximum absolute atomic E-state index is 9.34. The van der Waals surface area contributed by atoms with Crippen LogP contribution in [0.15, 0.2) is 17.5 Å². The van der Waals surface area contributed by atoms with E-state index in [-0.39, 0.29) is 6.61 Å². The molecule has 2 rings (SSSR count). The molecule has 0 fully saturated rings. The molecule has 1 N–H and O–H groups in total. The van der Waals surface area contributed by atoms with Crippen LogP contribution in [-0.2, 0) is 13.0 Å². The number of rotatable bonds is 2. The minimum Gasteiger partial charge on any atom is -0.392 e. The topological polar surface area (TPSA) is 20.2 Å². The molecule has 0 bridgehead atoms. The van der Waals surface area contributed by atoms with Gasteiger partial charge in [-0.05, 0) is 40.4 Å². The molecule has 0 aliphatic heterocycles. The summed E-state index contributed by atoms with van der Waals surface area (Å²) >= 11 is 7.80. The summed E-state index contributed by atoms with van der Waals surface area (Å²) in [6.07, 6.45) is 0.864. The zero-order valence-corrected chi connectivity index (χ0v) is 9.45. The van der Waals surface area contributed by atoms with Crippen LogP contribution in [0, 0.1) is 0 Å². The Hall–Kier alpha value is -0.570. The normalized spacial score (nSPS) is 11.1. The standard InChI is InChI=1S/C11H11ClOS/c1-2-8-9(6-13)11-7(3-4-14-11)5-10(8)12/h3-5,13H,2,6H2,1H3. The summed E-state index contributed by atoms with van der Waals surface area (Å²) in [5, 5.41) is 13.3. The third kappa shape index (κ3) is 1.44. The van der Waals surface area contributed by atoms with Crippen molar-refractivity contribution in [3.63, 3.8) is 0 Å². The molecule has 1 aromatic carbocycles. The van der Waals surface area contributed by atoms with Gasteiger partial charge in [0, 0.05) is 9.72 Å². The fraction of sp³-hybridized carbons (Fsp3) is 0.273. The molecule has 1 aromatic heterocycles. The Balaban J connectivity index is 2.82. The van der Waals surface area contributed by atoms with Crippen LogP contribution in [0.3, 0.4) is 0 Å². The Morgan fingerprint density at radius 1 is 1.43 bits per heavy atom. The molecule has 0 amide bonds. The molecule has 1 heterocycles. The Labute approximate surface area is 91.9 Å². The molecule has 0 unspecified atom stereocenters. The molecule has 1 nitrogen and oxygen atoms in total. The summed E-state index contributed by atoms with van der Waals surface area (Å²) in [6, 6.07) is 4.01. The predicted octanol–water partition coefficient (Wildman–Crippen LogP) is 3.61. The molecule has 14 heavy (non-hydrogen) atoms. The number of halogens is 1. The largest absolute Gasteiger partial charge is 0.392 e. The van der Waals surface area contributed by atoms with Crippen molar-refractivity contribution in [1.82, 2.24) is 0 Å². The van der Waals surface area contributed by atoms with Crippen molar-refractivity contribution in [2.24, 2.45) is 0 Å². The highest BCUT2D eigenvalue weighted by molar-refractivity contribution is 7.17. The molecule has 0 spiro atoms. The van der Waals surface area contributed by atoms with Crippen LogP contribution < -0.4 is 0 Å². The number of benzene rings is 1. The van der Waals surface area contributed by atoms with Crippen molar-refractivity contribution in [2.75, 3.05) is 0 Å². The predicted molar refractivity (Wildman–Crippen MR) is 62.1 cm³/mol. The van der Waals surface area contributed by atoms with E-state index in [0.29, 0.717) is 0 Å². The summed E-state index contributed by atoms with van der Waals surface area (Å²) in [5.41, 5.74) is 2.06. The molecule has 0 saturated carbocycles. The van der Waals surface area contributed by atoms with Crippen LogP contribution in [0.4, 0.5) is 0 Å². The zero-order valence-electron chi connectivity index (χ0n) is 7.88. The Bertz CT molecular complexity index is 462. The van der Waals surface area contributed by atoms with E-state index >= 15 is 0 Å². The third-order valence-electron chi connectivity index (χ3n) is 2.42. The van der Waals surface area contributed by atoms with Gasteiger partial charge in [-0.25, -0.2) is 0 Å². The summed E-state index contributed by atoms with van der Waals surface area (Å²) in [6.45, 7) is 2.13. The van der Waals surface area contributed by atoms with Crippen molar-refractivity contribution < 1.29 is 5.11 Å². The SMILES string of the molecule is CCc1c(Cl)cc2ccsc2c1CO. The van der Waals surface area contributed by atoms with Gasteiger partial charge in [-0.2, -0.15) is 0 Å². The van der Waals surface area contributed by atoms with Crippen molar-refractivity contribution in [3.05, 3.63) is 33.7 Å². The molecular formula is C11H11ClOS. The number of hydrogen-bond donors (Lipinski definition) is 1. The Kier molecular flexibility index (Phi) is 2.77. The Morgan fingerprint density at radius 2 is 2.21 bits per heavy atom. The van der Waals surface area contributed by atoms with Crippen LogP contribution >= 0.6 is 22.9 Å². The highest BCUT2D eigenvalue weighted by atomic mass is 35.5. The van der Waals surface area contributed by atoms with E-state index in [9.17, 15) is 5.11 Å². The van der Waals surface area contributed by atoms with Gasteiger partial charge in [-0.1, -0.05) is 18.5 Å². The van der Waals surface area contributed by atoms with E-state index in [2.05, 4.69) is 6.92 Å². The lowest BCUT2D eigenvalue weighted by molar-refractivity contribution is 0.282. The van der Waals surface area contributed by atoms with E-state index in [1.807, 2.05) is 17.5 Å². The lowest BCUT2D eigenvalue weighted by Gasteiger charge is -2.08. The van der Waals surface area contributed by atoms with Gasteiger partial charge in [0.25, 0.3) is 0 Å². The minimum atomic E-state index is 0.0702. The van der Waals surface area contributed by atoms with Gasteiger partial charge in [0.15, 0.2) is 0 Å². The lowest BCUT2D eigenvalue weighted by atomic mass is 10.0. The van der Waals surface area contributed by atoms with Crippen LogP contribution in [0.5, 0.6) is 0 Å². The minimum absolute atomic E-state index is 0.0702. The van der Waals surface area contributed by atoms with Crippen molar-refractivity contribution >= 4 is 33.0 Å². The summed E-state index contributed by atoms with van der Waals surface area (Å²) in [7, 11) is 0. The van der Waals surface area contributed by atoms with E-state index < -0.39 is 0 Å². The van der Waals surface area contributed by atoms with Gasteiger partial charge in [0.1, 0.15) is 0 Å². The summed E-state index contributed by atoms with van der Waals surface area (Å²) in [4.78, 5) is 0. The van der Waals surface area contributed by atoms with Gasteiger partial charge in [0.2, 0.25) is 0 Å². The van der Waals surface area contributed by atoms with Gasteiger partial charge in [-0.15, -0.1) is 11.3 Å². The zero-order chi connectivity index (χ0) is 10.1. The first-order chi connectivity index (χ1) is 6.77. The van der Waals surface area contributed by atoms with Crippen LogP contribution in [-0.4, -0.2) is 5.11 Å². The first kappa shape index (κ1) is 9.97. The van der Waals surface area contributed by atoms with Crippen molar-refractivity contribution in [1.29, 1.82) is 0 Å². The van der Waals surface area contributed by atoms with Crippen LogP contribution in [0.25, 0.3) is 10.1 Å². The van der Waals surface area contributed by atoms with Gasteiger partial charge >= 0.3 is 0 Å². The second kappa shape index (κ2) is 3.89. The van der Waals surface area contributed by atoms with Gasteiger partial charge in [-0.3, -0.25) is 0 Å². The quantitative estimate of drug-likeness (QED) is 0.830. The number of aliphatic hydroxyl groups excluding tert-OH is 1. The summed E-state index contributed by atoms with van der Waals surface area (Å²) in [5.74, 6) is 0. The first-order valence-corrected chi connectivity index (χ1v) is 5.82. The van der Waals surface area contributed by atoms with Crippen LogP contribution in [0.1, 0.15) is 18.1 Å². The van der Waals surface area contributed by atoms with Crippen molar-refractivity contribution in [3.8, 4) is 0 Å². The molecule has 3 heteroatoms. The number of aliphatic hydroxyl groups is 1. The van der Waals surface area contributed by atoms with Crippen LogP contribution in [0.2, 0.25) is 5.02 Å². The first-order valence-electron chi connectivity index (χ1n) is 4.56. The molecule has 0 radical (unpaired) electrons. The monoisotopic (exact) mass is 226 g/mol. The summed E-state index contributed by atoms with van der Waals surface area (Å²) < 4.78 is 1.16. The van der Waals surface area contributed by atoms with Crippen molar-refractivity contribution in [2.45, 2.75) is 20.0 Å². The highest BCUT2D eigenvalue weighted by Gasteiger charge is 2.10. The third-order valence-corrected chi connectivity index (χ3v) is 3.74. The number of hydrogen-bond acceptors (Lipinski definition) is 2.